The number of aliphatic hydroxyl groups excluding tert-OH is 1. The van der Waals surface area contributed by atoms with Crippen molar-refractivity contribution < 1.29 is 14.2 Å². The minimum absolute atomic E-state index is 0.0882. The molecule has 3 N–H and O–H groups in total. The SMILES string of the molecule is COc1ccc(C[C@@H]2CCC3=CC(C)([C@H]4CC[C@](N)(CO)C4)CC=C3C2)cc1F. The zero-order chi connectivity index (χ0) is 20.6. The van der Waals surface area contributed by atoms with Crippen LogP contribution in [0, 0.1) is 23.1 Å². The summed E-state index contributed by atoms with van der Waals surface area (Å²) in [4.78, 5) is 0. The Balaban J connectivity index is 1.41. The lowest BCUT2D eigenvalue weighted by atomic mass is 9.66. The first-order valence-corrected chi connectivity index (χ1v) is 11.0. The van der Waals surface area contributed by atoms with E-state index in [9.17, 15) is 9.50 Å². The Hall–Kier alpha value is -1.65. The molecule has 0 amide bonds. The van der Waals surface area contributed by atoms with E-state index in [1.807, 2.05) is 6.07 Å². The topological polar surface area (TPSA) is 55.5 Å². The molecule has 0 spiro atoms. The molecule has 0 aromatic heterocycles. The summed E-state index contributed by atoms with van der Waals surface area (Å²) in [5, 5.41) is 9.63. The van der Waals surface area contributed by atoms with Crippen LogP contribution in [0.4, 0.5) is 4.39 Å². The Labute approximate surface area is 173 Å². The van der Waals surface area contributed by atoms with Gasteiger partial charge >= 0.3 is 0 Å². The molecule has 0 heterocycles. The number of nitrogens with two attached hydrogens (primary N) is 1. The molecule has 0 aliphatic heterocycles. The van der Waals surface area contributed by atoms with Crippen LogP contribution < -0.4 is 10.5 Å². The fourth-order valence-corrected chi connectivity index (χ4v) is 5.74. The van der Waals surface area contributed by atoms with E-state index in [1.165, 1.54) is 18.3 Å². The molecule has 3 aliphatic carbocycles. The molecule has 0 radical (unpaired) electrons. The Bertz CT molecular complexity index is 832. The van der Waals surface area contributed by atoms with Gasteiger partial charge in [0.15, 0.2) is 11.6 Å². The summed E-state index contributed by atoms with van der Waals surface area (Å²) in [6.45, 7) is 2.46. The molecule has 4 rings (SSSR count). The van der Waals surface area contributed by atoms with Crippen LogP contribution >= 0.6 is 0 Å². The number of ether oxygens (including phenoxy) is 1. The first-order chi connectivity index (χ1) is 13.8. The highest BCUT2D eigenvalue weighted by molar-refractivity contribution is 5.39. The quantitative estimate of drug-likeness (QED) is 0.738. The number of hydrogen-bond donors (Lipinski definition) is 2. The Morgan fingerprint density at radius 2 is 2.10 bits per heavy atom. The molecule has 29 heavy (non-hydrogen) atoms. The molecular weight excluding hydrogens is 365 g/mol. The molecule has 1 aromatic carbocycles. The van der Waals surface area contributed by atoms with Gasteiger partial charge in [-0.3, -0.25) is 0 Å². The molecule has 1 aromatic rings. The Morgan fingerprint density at radius 1 is 1.28 bits per heavy atom. The third-order valence-corrected chi connectivity index (χ3v) is 7.67. The van der Waals surface area contributed by atoms with Gasteiger partial charge in [0.2, 0.25) is 0 Å². The van der Waals surface area contributed by atoms with Gasteiger partial charge in [0, 0.05) is 5.54 Å². The highest BCUT2D eigenvalue weighted by atomic mass is 19.1. The van der Waals surface area contributed by atoms with Crippen molar-refractivity contribution >= 4 is 0 Å². The van der Waals surface area contributed by atoms with E-state index in [2.05, 4.69) is 19.1 Å². The third kappa shape index (κ3) is 4.15. The van der Waals surface area contributed by atoms with Crippen LogP contribution in [0.5, 0.6) is 5.75 Å². The van der Waals surface area contributed by atoms with E-state index in [0.717, 1.165) is 56.9 Å². The van der Waals surface area contributed by atoms with Gasteiger partial charge in [-0.05, 0) is 97.5 Å². The molecule has 4 atom stereocenters. The van der Waals surface area contributed by atoms with Crippen LogP contribution in [-0.4, -0.2) is 24.4 Å². The van der Waals surface area contributed by atoms with E-state index in [4.69, 9.17) is 10.5 Å². The van der Waals surface area contributed by atoms with Crippen LogP contribution in [0.25, 0.3) is 0 Å². The van der Waals surface area contributed by atoms with Gasteiger partial charge in [-0.2, -0.15) is 0 Å². The standard InChI is InChI=1S/C25H34FNO2/c1-24(21-8-10-25(27,15-21)16-28)9-7-19-12-17(3-5-20(19)14-24)11-18-4-6-23(29-2)22(26)13-18/h4,6-7,13-14,17,21,28H,3,5,8-12,15-16,27H2,1-2H3/t17-,21-,24?,25+/m0/s1. The molecule has 4 heteroatoms. The summed E-state index contributed by atoms with van der Waals surface area (Å²) >= 11 is 0. The number of benzene rings is 1. The monoisotopic (exact) mass is 399 g/mol. The van der Waals surface area contributed by atoms with E-state index in [-0.39, 0.29) is 23.4 Å². The fraction of sp³-hybridized carbons (Fsp3) is 0.600. The maximum atomic E-state index is 14.0. The number of halogens is 1. The average molecular weight is 400 g/mol. The Kier molecular flexibility index (Phi) is 5.60. The van der Waals surface area contributed by atoms with Crippen LogP contribution in [-0.2, 0) is 6.42 Å². The molecule has 158 valence electrons. The van der Waals surface area contributed by atoms with Gasteiger partial charge in [0.05, 0.1) is 13.7 Å². The van der Waals surface area contributed by atoms with Crippen molar-refractivity contribution in [1.29, 1.82) is 0 Å². The minimum Gasteiger partial charge on any atom is -0.494 e. The van der Waals surface area contributed by atoms with Gasteiger partial charge in [0.25, 0.3) is 0 Å². The van der Waals surface area contributed by atoms with E-state index < -0.39 is 0 Å². The number of aliphatic hydroxyl groups is 1. The molecule has 1 unspecified atom stereocenters. The second kappa shape index (κ2) is 7.88. The number of fused-ring (bicyclic) bond motifs is 1. The summed E-state index contributed by atoms with van der Waals surface area (Å²) in [7, 11) is 1.50. The highest BCUT2D eigenvalue weighted by Crippen LogP contribution is 2.51. The summed E-state index contributed by atoms with van der Waals surface area (Å²) < 4.78 is 19.0. The van der Waals surface area contributed by atoms with Crippen molar-refractivity contribution in [3.63, 3.8) is 0 Å². The second-order valence-corrected chi connectivity index (χ2v) is 9.85. The van der Waals surface area contributed by atoms with E-state index >= 15 is 0 Å². The lowest BCUT2D eigenvalue weighted by molar-refractivity contribution is 0.179. The number of rotatable bonds is 5. The molecule has 0 bridgehead atoms. The molecule has 0 saturated heterocycles. The van der Waals surface area contributed by atoms with Gasteiger partial charge in [-0.25, -0.2) is 4.39 Å². The summed E-state index contributed by atoms with van der Waals surface area (Å²) in [5.74, 6) is 1.15. The van der Waals surface area contributed by atoms with Crippen molar-refractivity contribution in [3.8, 4) is 5.75 Å². The summed E-state index contributed by atoms with van der Waals surface area (Å²) in [6, 6.07) is 5.34. The Morgan fingerprint density at radius 3 is 2.79 bits per heavy atom. The summed E-state index contributed by atoms with van der Waals surface area (Å²) in [5.41, 5.74) is 10.2. The number of methoxy groups -OCH3 is 1. The van der Waals surface area contributed by atoms with Crippen molar-refractivity contribution in [1.82, 2.24) is 0 Å². The number of allylic oxidation sites excluding steroid dienone is 4. The zero-order valence-electron chi connectivity index (χ0n) is 17.7. The van der Waals surface area contributed by atoms with Crippen molar-refractivity contribution in [3.05, 3.63) is 52.9 Å². The predicted octanol–water partition coefficient (Wildman–Crippen LogP) is 4.93. The van der Waals surface area contributed by atoms with E-state index in [1.54, 1.807) is 12.1 Å². The van der Waals surface area contributed by atoms with Crippen LogP contribution in [0.1, 0.15) is 57.4 Å². The first kappa shape index (κ1) is 20.6. The smallest absolute Gasteiger partial charge is 0.165 e. The molecular formula is C25H34FNO2. The molecule has 3 nitrogen and oxygen atoms in total. The molecule has 3 aliphatic rings. The highest BCUT2D eigenvalue weighted by Gasteiger charge is 2.44. The van der Waals surface area contributed by atoms with Crippen LogP contribution in [0.15, 0.2) is 41.5 Å². The van der Waals surface area contributed by atoms with Gasteiger partial charge in [0.1, 0.15) is 0 Å². The average Bonchev–Trinajstić information content (AvgIpc) is 3.12. The lowest BCUT2D eigenvalue weighted by Gasteiger charge is -2.39. The third-order valence-electron chi connectivity index (χ3n) is 7.67. The first-order valence-electron chi connectivity index (χ1n) is 11.0. The normalized spacial score (nSPS) is 34.4. The minimum atomic E-state index is -0.387. The molecule has 2 saturated carbocycles. The van der Waals surface area contributed by atoms with Gasteiger partial charge < -0.3 is 15.6 Å². The number of hydrogen-bond acceptors (Lipinski definition) is 3. The largest absolute Gasteiger partial charge is 0.494 e. The fourth-order valence-electron chi connectivity index (χ4n) is 5.74. The van der Waals surface area contributed by atoms with Crippen LogP contribution in [0.3, 0.4) is 0 Å². The van der Waals surface area contributed by atoms with E-state index in [0.29, 0.717) is 17.6 Å². The van der Waals surface area contributed by atoms with Gasteiger partial charge in [-0.1, -0.05) is 25.1 Å². The van der Waals surface area contributed by atoms with Crippen molar-refractivity contribution in [2.45, 2.75) is 63.8 Å². The second-order valence-electron chi connectivity index (χ2n) is 9.85. The van der Waals surface area contributed by atoms with Crippen molar-refractivity contribution in [2.75, 3.05) is 13.7 Å². The lowest BCUT2D eigenvalue weighted by Crippen LogP contribution is -2.42. The molecule has 2 fully saturated rings. The maximum Gasteiger partial charge on any atom is 0.165 e. The zero-order valence-corrected chi connectivity index (χ0v) is 17.7. The van der Waals surface area contributed by atoms with Gasteiger partial charge in [-0.15, -0.1) is 0 Å². The van der Waals surface area contributed by atoms with Crippen molar-refractivity contribution in [2.24, 2.45) is 23.0 Å². The predicted molar refractivity (Wildman–Crippen MR) is 114 cm³/mol. The van der Waals surface area contributed by atoms with Crippen LogP contribution in [0.2, 0.25) is 0 Å². The summed E-state index contributed by atoms with van der Waals surface area (Å²) in [6.07, 6.45) is 13.2. The maximum absolute atomic E-state index is 14.0.